The van der Waals surface area contributed by atoms with Gasteiger partial charge in [0.1, 0.15) is 17.1 Å². The average Bonchev–Trinajstić information content (AvgIpc) is 3.28. The van der Waals surface area contributed by atoms with Crippen LogP contribution in [-0.4, -0.2) is 58.3 Å². The summed E-state index contributed by atoms with van der Waals surface area (Å²) in [6.07, 6.45) is 0.855. The van der Waals surface area contributed by atoms with Crippen molar-refractivity contribution in [2.75, 3.05) is 26.2 Å². The third-order valence-electron chi connectivity index (χ3n) is 6.67. The van der Waals surface area contributed by atoms with E-state index in [-0.39, 0.29) is 17.6 Å². The fourth-order valence-corrected chi connectivity index (χ4v) is 4.93. The minimum Gasteiger partial charge on any atom is -0.406 e. The second kappa shape index (κ2) is 9.25. The van der Waals surface area contributed by atoms with Crippen LogP contribution < -0.4 is 10.1 Å². The Morgan fingerprint density at radius 3 is 2.50 bits per heavy atom. The van der Waals surface area contributed by atoms with E-state index in [0.717, 1.165) is 73.5 Å². The number of benzene rings is 1. The number of hydrogen-bond acceptors (Lipinski definition) is 5. The maximum absolute atomic E-state index is 12.9. The van der Waals surface area contributed by atoms with Crippen LogP contribution in [0, 0.1) is 0 Å². The van der Waals surface area contributed by atoms with Gasteiger partial charge in [-0.3, -0.25) is 4.79 Å². The van der Waals surface area contributed by atoms with Crippen molar-refractivity contribution in [1.82, 2.24) is 25.2 Å². The van der Waals surface area contributed by atoms with E-state index in [1.54, 1.807) is 11.1 Å². The molecule has 2 fully saturated rings. The first-order valence-corrected chi connectivity index (χ1v) is 11.6. The molecule has 7 nitrogen and oxygen atoms in total. The number of aromatic amines is 1. The molecular formula is C24H26F3N5O2. The molecule has 1 unspecified atom stereocenters. The molecular weight excluding hydrogens is 447 g/mol. The Hall–Kier alpha value is -3.14. The number of carbonyl (C=O) groups is 1. The second-order valence-corrected chi connectivity index (χ2v) is 8.90. The van der Waals surface area contributed by atoms with Crippen molar-refractivity contribution in [3.63, 3.8) is 0 Å². The topological polar surface area (TPSA) is 83.1 Å². The SMILES string of the molecule is O=C(c1ccc(OC(F)(F)F)cc1)N1CCC(c2ccnc3[nH]c(C4CCCNC4)nc23)CC1. The summed E-state index contributed by atoms with van der Waals surface area (Å²) >= 11 is 0. The third kappa shape index (κ3) is 4.86. The molecule has 3 aromatic rings. The van der Waals surface area contributed by atoms with Gasteiger partial charge in [-0.1, -0.05) is 0 Å². The van der Waals surface area contributed by atoms with Crippen LogP contribution in [-0.2, 0) is 0 Å². The van der Waals surface area contributed by atoms with Crippen LogP contribution in [0.5, 0.6) is 5.75 Å². The molecule has 4 heterocycles. The number of halogens is 3. The molecule has 0 radical (unpaired) electrons. The van der Waals surface area contributed by atoms with Crippen LogP contribution in [0.15, 0.2) is 36.5 Å². The molecule has 0 saturated carbocycles. The van der Waals surface area contributed by atoms with Crippen molar-refractivity contribution in [2.45, 2.75) is 43.9 Å². The lowest BCUT2D eigenvalue weighted by atomic mass is 9.89. The fourth-order valence-electron chi connectivity index (χ4n) is 4.93. The standard InChI is InChI=1S/C24H26F3N5O2/c25-24(26,27)34-18-5-3-16(4-6-18)23(33)32-12-8-15(9-13-32)19-7-11-29-22-20(19)30-21(31-22)17-2-1-10-28-14-17/h3-7,11,15,17,28H,1-2,8-10,12-14H2,(H,29,30,31). The Kier molecular flexibility index (Phi) is 6.16. The van der Waals surface area contributed by atoms with Gasteiger partial charge in [0, 0.05) is 37.3 Å². The number of piperidine rings is 2. The molecule has 34 heavy (non-hydrogen) atoms. The first-order chi connectivity index (χ1) is 16.4. The second-order valence-electron chi connectivity index (χ2n) is 8.90. The molecule has 2 saturated heterocycles. The summed E-state index contributed by atoms with van der Waals surface area (Å²) in [5, 5.41) is 3.42. The number of nitrogens with one attached hydrogen (secondary N) is 2. The van der Waals surface area contributed by atoms with Crippen LogP contribution in [0.1, 0.15) is 59.3 Å². The molecule has 1 atom stereocenters. The number of likely N-dealkylation sites (tertiary alicyclic amines) is 1. The summed E-state index contributed by atoms with van der Waals surface area (Å²) in [7, 11) is 0. The average molecular weight is 473 g/mol. The van der Waals surface area contributed by atoms with Gasteiger partial charge in [0.25, 0.3) is 5.91 Å². The van der Waals surface area contributed by atoms with E-state index in [2.05, 4.69) is 20.0 Å². The zero-order valence-corrected chi connectivity index (χ0v) is 18.6. The maximum Gasteiger partial charge on any atom is 0.573 e. The first kappa shape index (κ1) is 22.6. The lowest BCUT2D eigenvalue weighted by Gasteiger charge is -2.32. The lowest BCUT2D eigenvalue weighted by molar-refractivity contribution is -0.274. The van der Waals surface area contributed by atoms with Crippen molar-refractivity contribution < 1.29 is 22.7 Å². The van der Waals surface area contributed by atoms with Crippen LogP contribution >= 0.6 is 0 Å². The van der Waals surface area contributed by atoms with Gasteiger partial charge in [-0.15, -0.1) is 13.2 Å². The van der Waals surface area contributed by atoms with E-state index in [0.29, 0.717) is 24.6 Å². The number of imidazole rings is 1. The fraction of sp³-hybridized carbons (Fsp3) is 0.458. The molecule has 0 bridgehead atoms. The third-order valence-corrected chi connectivity index (χ3v) is 6.67. The number of hydrogen-bond donors (Lipinski definition) is 2. The van der Waals surface area contributed by atoms with Gasteiger partial charge in [-0.05, 0) is 74.0 Å². The van der Waals surface area contributed by atoms with Gasteiger partial charge < -0.3 is 19.9 Å². The molecule has 2 aromatic heterocycles. The van der Waals surface area contributed by atoms with Gasteiger partial charge in [0.2, 0.25) is 0 Å². The minimum absolute atomic E-state index is 0.191. The predicted molar refractivity (Wildman–Crippen MR) is 120 cm³/mol. The highest BCUT2D eigenvalue weighted by Crippen LogP contribution is 2.33. The highest BCUT2D eigenvalue weighted by molar-refractivity contribution is 5.94. The van der Waals surface area contributed by atoms with Crippen LogP contribution in [0.2, 0.25) is 0 Å². The van der Waals surface area contributed by atoms with Crippen molar-refractivity contribution in [1.29, 1.82) is 0 Å². The Bertz CT molecular complexity index is 1150. The molecule has 2 aliphatic rings. The van der Waals surface area contributed by atoms with Crippen molar-refractivity contribution >= 4 is 17.1 Å². The number of pyridine rings is 1. The van der Waals surface area contributed by atoms with E-state index in [1.165, 1.54) is 12.1 Å². The number of H-pyrrole nitrogens is 1. The Balaban J connectivity index is 1.25. The number of fused-ring (bicyclic) bond motifs is 1. The molecule has 2 aliphatic heterocycles. The van der Waals surface area contributed by atoms with E-state index in [9.17, 15) is 18.0 Å². The Labute approximate surface area is 194 Å². The van der Waals surface area contributed by atoms with Crippen molar-refractivity contribution in [2.24, 2.45) is 0 Å². The molecule has 1 amide bonds. The van der Waals surface area contributed by atoms with Crippen molar-refractivity contribution in [3.8, 4) is 5.75 Å². The zero-order chi connectivity index (χ0) is 23.7. The quantitative estimate of drug-likeness (QED) is 0.589. The number of rotatable bonds is 4. The van der Waals surface area contributed by atoms with Crippen molar-refractivity contribution in [3.05, 3.63) is 53.5 Å². The predicted octanol–water partition coefficient (Wildman–Crippen LogP) is 4.34. The number of aromatic nitrogens is 3. The van der Waals surface area contributed by atoms with E-state index >= 15 is 0 Å². The van der Waals surface area contributed by atoms with Gasteiger partial charge in [-0.25, -0.2) is 9.97 Å². The summed E-state index contributed by atoms with van der Waals surface area (Å²) < 4.78 is 40.9. The lowest BCUT2D eigenvalue weighted by Crippen LogP contribution is -2.38. The van der Waals surface area contributed by atoms with Gasteiger partial charge in [0.15, 0.2) is 5.65 Å². The first-order valence-electron chi connectivity index (χ1n) is 11.6. The van der Waals surface area contributed by atoms with Gasteiger partial charge in [0.05, 0.1) is 0 Å². The van der Waals surface area contributed by atoms with Crippen LogP contribution in [0.25, 0.3) is 11.2 Å². The van der Waals surface area contributed by atoms with Crippen LogP contribution in [0.3, 0.4) is 0 Å². The number of carbonyl (C=O) groups excluding carboxylic acids is 1. The number of nitrogens with zero attached hydrogens (tertiary/aromatic N) is 3. The molecule has 0 aliphatic carbocycles. The maximum atomic E-state index is 12.9. The largest absolute Gasteiger partial charge is 0.573 e. The normalized spacial score (nSPS) is 20.0. The molecule has 180 valence electrons. The van der Waals surface area contributed by atoms with E-state index in [4.69, 9.17) is 4.98 Å². The highest BCUT2D eigenvalue weighted by Gasteiger charge is 2.31. The van der Waals surface area contributed by atoms with Gasteiger partial charge in [-0.2, -0.15) is 0 Å². The van der Waals surface area contributed by atoms with Crippen LogP contribution in [0.4, 0.5) is 13.2 Å². The monoisotopic (exact) mass is 473 g/mol. The Morgan fingerprint density at radius 2 is 1.82 bits per heavy atom. The Morgan fingerprint density at radius 1 is 1.06 bits per heavy atom. The van der Waals surface area contributed by atoms with E-state index in [1.807, 2.05) is 6.07 Å². The molecule has 0 spiro atoms. The molecule has 10 heteroatoms. The molecule has 5 rings (SSSR count). The molecule has 1 aromatic carbocycles. The van der Waals surface area contributed by atoms with Gasteiger partial charge >= 0.3 is 6.36 Å². The van der Waals surface area contributed by atoms with E-state index < -0.39 is 6.36 Å². The summed E-state index contributed by atoms with van der Waals surface area (Å²) in [5.74, 6) is 1.07. The zero-order valence-electron chi connectivity index (χ0n) is 18.6. The number of amides is 1. The minimum atomic E-state index is -4.76. The molecule has 2 N–H and O–H groups in total. The number of alkyl halides is 3. The highest BCUT2D eigenvalue weighted by atomic mass is 19.4. The summed E-state index contributed by atoms with van der Waals surface area (Å²) in [6, 6.07) is 7.09. The summed E-state index contributed by atoms with van der Waals surface area (Å²) in [5.41, 5.74) is 3.21. The summed E-state index contributed by atoms with van der Waals surface area (Å²) in [6.45, 7) is 3.10. The number of ether oxygens (including phenoxy) is 1. The summed E-state index contributed by atoms with van der Waals surface area (Å²) in [4.78, 5) is 27.4. The smallest absolute Gasteiger partial charge is 0.406 e.